The van der Waals surface area contributed by atoms with Crippen LogP contribution in [0.15, 0.2) is 0 Å². The first-order valence-corrected chi connectivity index (χ1v) is 3.31. The van der Waals surface area contributed by atoms with Crippen molar-refractivity contribution in [2.45, 2.75) is 0 Å². The molecule has 2 radical (unpaired) electrons. The summed E-state index contributed by atoms with van der Waals surface area (Å²) in [6.07, 6.45) is 3.04. The number of rotatable bonds is 2. The number of hydrogen-bond acceptors (Lipinski definition) is 2. The average Bonchev–Trinajstić information content (AvgIpc) is 1.88. The fourth-order valence-electron chi connectivity index (χ4n) is 0. The second-order valence-electron chi connectivity index (χ2n) is 0.556. The standard InChI is InChI=1S/C2H2BrO.C2H2ClO/c2*3-1-2-4/h2*1H2. The van der Waals surface area contributed by atoms with Gasteiger partial charge in [0.15, 0.2) is 0 Å². The number of hydrogen-bond donors (Lipinski definition) is 0. The summed E-state index contributed by atoms with van der Waals surface area (Å²) in [6, 6.07) is 0. The molecule has 0 bridgehead atoms. The molecule has 0 aliphatic heterocycles. The van der Waals surface area contributed by atoms with Gasteiger partial charge in [0.2, 0.25) is 12.6 Å². The van der Waals surface area contributed by atoms with Crippen molar-refractivity contribution in [3.8, 4) is 0 Å². The summed E-state index contributed by atoms with van der Waals surface area (Å²) in [6.45, 7) is 0. The SMILES string of the molecule is O=[C]CBr.O=[C]CCl. The van der Waals surface area contributed by atoms with Crippen molar-refractivity contribution in [2.75, 3.05) is 11.2 Å². The van der Waals surface area contributed by atoms with Crippen molar-refractivity contribution in [2.24, 2.45) is 0 Å². The molecular weight excluding hydrogens is 195 g/mol. The molecule has 0 spiro atoms. The van der Waals surface area contributed by atoms with Crippen molar-refractivity contribution in [1.82, 2.24) is 0 Å². The van der Waals surface area contributed by atoms with Gasteiger partial charge in [0, 0.05) is 0 Å². The van der Waals surface area contributed by atoms with Crippen LogP contribution < -0.4 is 0 Å². The van der Waals surface area contributed by atoms with Gasteiger partial charge in [-0.25, -0.2) is 0 Å². The van der Waals surface area contributed by atoms with Crippen LogP contribution in [0.1, 0.15) is 0 Å². The van der Waals surface area contributed by atoms with E-state index in [0.29, 0.717) is 5.33 Å². The summed E-state index contributed by atoms with van der Waals surface area (Å²) in [5, 5.41) is 0.326. The molecule has 0 aromatic carbocycles. The van der Waals surface area contributed by atoms with Gasteiger partial charge in [-0.15, -0.1) is 11.6 Å². The normalized spacial score (nSPS) is 6.25. The molecule has 0 aromatic rings. The van der Waals surface area contributed by atoms with E-state index in [-0.39, 0.29) is 5.88 Å². The maximum absolute atomic E-state index is 9.00. The molecule has 0 atom stereocenters. The quantitative estimate of drug-likeness (QED) is 0.617. The zero-order chi connectivity index (χ0) is 6.83. The van der Waals surface area contributed by atoms with E-state index >= 15 is 0 Å². The predicted molar refractivity (Wildman–Crippen MR) is 35.9 cm³/mol. The van der Waals surface area contributed by atoms with Crippen molar-refractivity contribution >= 4 is 40.1 Å². The van der Waals surface area contributed by atoms with Crippen molar-refractivity contribution in [3.05, 3.63) is 0 Å². The van der Waals surface area contributed by atoms with Gasteiger partial charge in [0.1, 0.15) is 0 Å². The monoisotopic (exact) mass is 198 g/mol. The molecule has 4 heteroatoms. The summed E-state index contributed by atoms with van der Waals surface area (Å²) in [7, 11) is 0. The minimum atomic E-state index is -0.0139. The van der Waals surface area contributed by atoms with Crippen molar-refractivity contribution in [3.63, 3.8) is 0 Å². The molecule has 0 saturated carbocycles. The molecule has 0 N–H and O–H groups in total. The molecule has 0 saturated heterocycles. The first-order chi connectivity index (χ1) is 3.83. The predicted octanol–water partition coefficient (Wildman–Crippen LogP) is 0.826. The molecule has 0 unspecified atom stereocenters. The molecular formula is C4H4BrClO2. The molecule has 0 aromatic heterocycles. The highest BCUT2D eigenvalue weighted by Crippen LogP contribution is 1.65. The van der Waals surface area contributed by atoms with E-state index in [1.165, 1.54) is 6.29 Å². The van der Waals surface area contributed by atoms with Crippen LogP contribution in [0.3, 0.4) is 0 Å². The van der Waals surface area contributed by atoms with Crippen molar-refractivity contribution < 1.29 is 9.59 Å². The summed E-state index contributed by atoms with van der Waals surface area (Å²) in [4.78, 5) is 17.9. The Morgan fingerprint density at radius 2 is 1.62 bits per heavy atom. The molecule has 46 valence electrons. The van der Waals surface area contributed by atoms with Gasteiger partial charge < -0.3 is 0 Å². The van der Waals surface area contributed by atoms with Crippen molar-refractivity contribution in [1.29, 1.82) is 0 Å². The maximum Gasteiger partial charge on any atom is 0.214 e. The molecule has 0 heterocycles. The second kappa shape index (κ2) is 15.7. The van der Waals surface area contributed by atoms with Crippen LogP contribution in [0, 0.1) is 0 Å². The van der Waals surface area contributed by atoms with Crippen LogP contribution in [0.2, 0.25) is 0 Å². The van der Waals surface area contributed by atoms with Gasteiger partial charge >= 0.3 is 0 Å². The Bertz CT molecular complexity index is 50.0. The molecule has 0 rings (SSSR count). The third-order valence-corrected chi connectivity index (χ3v) is 0.447. The van der Waals surface area contributed by atoms with Gasteiger partial charge in [-0.2, -0.15) is 0 Å². The first-order valence-electron chi connectivity index (χ1n) is 1.65. The second-order valence-corrected chi connectivity index (χ2v) is 1.38. The highest BCUT2D eigenvalue weighted by molar-refractivity contribution is 9.09. The Kier molecular flexibility index (Phi) is 21.6. The van der Waals surface area contributed by atoms with Crippen LogP contribution in [0.4, 0.5) is 0 Å². The van der Waals surface area contributed by atoms with E-state index in [9.17, 15) is 0 Å². The summed E-state index contributed by atoms with van der Waals surface area (Å²) < 4.78 is 0. The van der Waals surface area contributed by atoms with E-state index in [1.807, 2.05) is 0 Å². The zero-order valence-electron chi connectivity index (χ0n) is 3.99. The van der Waals surface area contributed by atoms with Crippen LogP contribution >= 0.6 is 27.5 Å². The highest BCUT2D eigenvalue weighted by atomic mass is 79.9. The van der Waals surface area contributed by atoms with Gasteiger partial charge in [0.05, 0.1) is 11.2 Å². The summed E-state index contributed by atoms with van der Waals surface area (Å²) >= 11 is 7.59. The molecule has 2 nitrogen and oxygen atoms in total. The minimum absolute atomic E-state index is 0.0139. The lowest BCUT2D eigenvalue weighted by Crippen LogP contribution is -1.62. The Balaban J connectivity index is 0. The van der Waals surface area contributed by atoms with E-state index in [0.717, 1.165) is 0 Å². The van der Waals surface area contributed by atoms with Gasteiger partial charge in [-0.1, -0.05) is 15.9 Å². The fraction of sp³-hybridized carbons (Fsp3) is 0.500. The molecule has 0 aliphatic carbocycles. The topological polar surface area (TPSA) is 34.1 Å². The smallest absolute Gasteiger partial charge is 0.214 e. The Morgan fingerprint density at radius 3 is 1.62 bits per heavy atom. The van der Waals surface area contributed by atoms with E-state index < -0.39 is 0 Å². The number of alkyl halides is 2. The van der Waals surface area contributed by atoms with E-state index in [4.69, 9.17) is 21.2 Å². The largest absolute Gasteiger partial charge is 0.290 e. The first kappa shape index (κ1) is 11.0. The summed E-state index contributed by atoms with van der Waals surface area (Å²) in [5.41, 5.74) is 0. The van der Waals surface area contributed by atoms with Crippen LogP contribution in [-0.2, 0) is 9.59 Å². The molecule has 0 aliphatic rings. The van der Waals surface area contributed by atoms with Gasteiger partial charge in [-0.05, 0) is 0 Å². The van der Waals surface area contributed by atoms with E-state index in [1.54, 1.807) is 6.29 Å². The number of carbonyl (C=O) groups excluding carboxylic acids is 2. The van der Waals surface area contributed by atoms with Crippen LogP contribution in [0.5, 0.6) is 0 Å². The third-order valence-electron chi connectivity index (χ3n) is 0.109. The summed E-state index contributed by atoms with van der Waals surface area (Å²) in [5.74, 6) is -0.0139. The van der Waals surface area contributed by atoms with Crippen LogP contribution in [-0.4, -0.2) is 23.8 Å². The van der Waals surface area contributed by atoms with Crippen LogP contribution in [0.25, 0.3) is 0 Å². The zero-order valence-corrected chi connectivity index (χ0v) is 6.33. The Labute approximate surface area is 61.3 Å². The Morgan fingerprint density at radius 1 is 1.38 bits per heavy atom. The molecule has 8 heavy (non-hydrogen) atoms. The average molecular weight is 199 g/mol. The lowest BCUT2D eigenvalue weighted by atomic mass is 10.9. The third kappa shape index (κ3) is 35.8. The van der Waals surface area contributed by atoms with Gasteiger partial charge in [0.25, 0.3) is 0 Å². The molecule has 0 fully saturated rings. The Hall–Kier alpha value is 0.110. The number of halogens is 2. The highest BCUT2D eigenvalue weighted by Gasteiger charge is 1.59. The minimum Gasteiger partial charge on any atom is -0.290 e. The lowest BCUT2D eigenvalue weighted by molar-refractivity contribution is 0.559. The lowest BCUT2D eigenvalue weighted by Gasteiger charge is -1.46. The fourth-order valence-corrected chi connectivity index (χ4v) is 0. The molecule has 0 amide bonds. The van der Waals surface area contributed by atoms with E-state index in [2.05, 4.69) is 15.9 Å². The van der Waals surface area contributed by atoms with Gasteiger partial charge in [-0.3, -0.25) is 9.59 Å². The maximum atomic E-state index is 9.00.